The molecule has 0 radical (unpaired) electrons. The Kier molecular flexibility index (Phi) is 20.7. The predicted molar refractivity (Wildman–Crippen MR) is 227 cm³/mol. The zero-order chi connectivity index (χ0) is 51.7. The lowest BCUT2D eigenvalue weighted by Crippen LogP contribution is -2.63. The Morgan fingerprint density at radius 1 is 0.557 bits per heavy atom. The van der Waals surface area contributed by atoms with Gasteiger partial charge in [-0.2, -0.15) is 0 Å². The zero-order valence-electron chi connectivity index (χ0n) is 38.0. The largest absolute Gasteiger partial charge is 0.459 e. The third-order valence-electron chi connectivity index (χ3n) is 11.3. The van der Waals surface area contributed by atoms with Crippen molar-refractivity contribution in [2.75, 3.05) is 19.6 Å². The number of nitrogens with zero attached hydrogens (tertiary/aromatic N) is 18. The summed E-state index contributed by atoms with van der Waals surface area (Å²) in [4.78, 5) is 81.5. The summed E-state index contributed by atoms with van der Waals surface area (Å²) >= 11 is 0. The normalized spacial score (nSPS) is 35.2. The molecule has 0 bridgehead atoms. The molecule has 0 aromatic carbocycles. The molecule has 4 rings (SSSR count). The molecule has 1 amide bonds. The standard InChI is InChI=1S/C36H47N19O15/c1-8-9-43-33(60)31-30(68-35-24(49-55-42)28(63-17(6)58)27(62-16(5)57)22(66-35)12-45-51-38)32(64-18(7)59)36(70-31)69-29-25(61-15(4)56)19(46-52-39)10-20(47-53-40)26(29)67-34-23(48-54-41)14(3)13(2)21(65-34)11-44-50-37/h1,13-14,19-32,34-36H,9-12H2,2-7H3,(H,43,60)/t13-,14+,19-,20?,21?,22+,23?,24?,25?,26+,27-,28?,29-,30+,31+,32?,34+,35-,36-/m1/s1. The van der Waals surface area contributed by atoms with Crippen molar-refractivity contribution < 1.29 is 71.3 Å². The minimum Gasteiger partial charge on any atom is -0.459 e. The van der Waals surface area contributed by atoms with E-state index in [9.17, 15) is 51.6 Å². The van der Waals surface area contributed by atoms with Gasteiger partial charge >= 0.3 is 23.9 Å². The van der Waals surface area contributed by atoms with Gasteiger partial charge in [0.2, 0.25) is 0 Å². The van der Waals surface area contributed by atoms with Gasteiger partial charge in [-0.15, -0.1) is 6.42 Å². The van der Waals surface area contributed by atoms with Crippen LogP contribution in [-0.2, 0) is 71.3 Å². The molecule has 1 saturated carbocycles. The number of nitrogens with one attached hydrogen (secondary N) is 1. The summed E-state index contributed by atoms with van der Waals surface area (Å²) in [6.07, 6.45) is -17.2. The predicted octanol–water partition coefficient (Wildman–Crippen LogP) is 3.81. The Bertz CT molecular complexity index is 2290. The molecule has 19 atom stereocenters. The van der Waals surface area contributed by atoms with Crippen LogP contribution in [0.4, 0.5) is 0 Å². The van der Waals surface area contributed by atoms with Gasteiger partial charge in [0.15, 0.2) is 43.3 Å². The van der Waals surface area contributed by atoms with E-state index in [0.29, 0.717) is 0 Å². The van der Waals surface area contributed by atoms with Crippen molar-refractivity contribution in [1.82, 2.24) is 5.32 Å². The maximum Gasteiger partial charge on any atom is 0.303 e. The SMILES string of the molecule is C#CCNC(=O)[C@H]1O[C@@H](O[C@@H]2C(OC(C)=O)[C@H](N=[N+]=[N-])CC(N=[N+]=[N-])[C@@H]2O[C@@H]2OC(CN=[N+]=[N-])[C@H](C)[C@H](C)C2N=[N+]=[N-])C(OC(C)=O)[C@H]1O[C@H]1O[C@@H](CN=[N+]=[N-])[C@@H](OC(C)=O)C(OC(C)=O)C1N=[N+]=[N-]. The second-order valence-corrected chi connectivity index (χ2v) is 15.7. The van der Waals surface area contributed by atoms with Crippen LogP contribution in [0.5, 0.6) is 0 Å². The van der Waals surface area contributed by atoms with Crippen molar-refractivity contribution in [2.45, 2.75) is 152 Å². The summed E-state index contributed by atoms with van der Waals surface area (Å²) < 4.78 is 59.9. The molecular formula is C36H47N19O15. The molecule has 34 heteroatoms. The number of hydrogen-bond donors (Lipinski definition) is 1. The van der Waals surface area contributed by atoms with Crippen LogP contribution in [-0.4, -0.2) is 153 Å². The van der Waals surface area contributed by atoms with Gasteiger partial charge in [0.1, 0.15) is 30.5 Å². The summed E-state index contributed by atoms with van der Waals surface area (Å²) in [7, 11) is 0. The topological polar surface area (TPSA) is 482 Å². The van der Waals surface area contributed by atoms with Crippen LogP contribution >= 0.6 is 0 Å². The number of rotatable bonds is 20. The van der Waals surface area contributed by atoms with Crippen molar-refractivity contribution >= 4 is 29.8 Å². The van der Waals surface area contributed by atoms with Crippen LogP contribution in [0.3, 0.4) is 0 Å². The molecular weight excluding hydrogens is 939 g/mol. The van der Waals surface area contributed by atoms with Crippen LogP contribution in [0.15, 0.2) is 30.7 Å². The van der Waals surface area contributed by atoms with Crippen molar-refractivity contribution in [3.05, 3.63) is 62.7 Å². The van der Waals surface area contributed by atoms with Gasteiger partial charge < -0.3 is 52.7 Å². The molecule has 4 fully saturated rings. The minimum absolute atomic E-state index is 0.210. The van der Waals surface area contributed by atoms with E-state index in [4.69, 9.17) is 59.3 Å². The molecule has 0 aromatic rings. The summed E-state index contributed by atoms with van der Waals surface area (Å²) in [6, 6.07) is -5.74. The molecule has 34 nitrogen and oxygen atoms in total. The molecule has 0 spiro atoms. The molecule has 1 aliphatic carbocycles. The van der Waals surface area contributed by atoms with Gasteiger partial charge in [0.25, 0.3) is 5.91 Å². The summed E-state index contributed by atoms with van der Waals surface area (Å²) in [5.74, 6) is -3.70. The highest BCUT2D eigenvalue weighted by Gasteiger charge is 2.59. The van der Waals surface area contributed by atoms with Gasteiger partial charge in [-0.25, -0.2) is 0 Å². The smallest absolute Gasteiger partial charge is 0.303 e. The van der Waals surface area contributed by atoms with Crippen LogP contribution in [0.2, 0.25) is 0 Å². The molecule has 3 heterocycles. The van der Waals surface area contributed by atoms with Crippen LogP contribution < -0.4 is 5.32 Å². The molecule has 7 unspecified atom stereocenters. The number of azide groups is 6. The fourth-order valence-corrected chi connectivity index (χ4v) is 8.32. The number of esters is 4. The lowest BCUT2D eigenvalue weighted by atomic mass is 9.81. The second-order valence-electron chi connectivity index (χ2n) is 15.7. The highest BCUT2D eigenvalue weighted by atomic mass is 16.8. The van der Waals surface area contributed by atoms with E-state index in [-0.39, 0.29) is 13.0 Å². The Morgan fingerprint density at radius 2 is 1.03 bits per heavy atom. The molecule has 0 aromatic heterocycles. The molecule has 1 N–H and O–H groups in total. The number of terminal acetylenes is 1. The fourth-order valence-electron chi connectivity index (χ4n) is 8.32. The van der Waals surface area contributed by atoms with E-state index >= 15 is 0 Å². The lowest BCUT2D eigenvalue weighted by molar-refractivity contribution is -0.298. The minimum atomic E-state index is -2.04. The Balaban J connectivity index is 1.94. The summed E-state index contributed by atoms with van der Waals surface area (Å²) in [5, 5.41) is 24.7. The molecule has 70 heavy (non-hydrogen) atoms. The quantitative estimate of drug-likeness (QED) is 0.0453. The number of carbonyl (C=O) groups excluding carboxylic acids is 5. The van der Waals surface area contributed by atoms with Gasteiger partial charge in [-0.05, 0) is 51.4 Å². The van der Waals surface area contributed by atoms with Crippen molar-refractivity contribution in [3.8, 4) is 12.3 Å². The Morgan fingerprint density at radius 3 is 1.59 bits per heavy atom. The van der Waals surface area contributed by atoms with Gasteiger partial charge in [0, 0.05) is 57.2 Å². The second kappa shape index (κ2) is 26.3. The third-order valence-corrected chi connectivity index (χ3v) is 11.3. The van der Waals surface area contributed by atoms with Crippen molar-refractivity contribution in [1.29, 1.82) is 0 Å². The highest BCUT2D eigenvalue weighted by Crippen LogP contribution is 2.41. The Hall–Kier alpha value is -7.47. The van der Waals surface area contributed by atoms with E-state index in [1.807, 2.05) is 0 Å². The van der Waals surface area contributed by atoms with E-state index in [2.05, 4.69) is 71.4 Å². The molecule has 3 aliphatic heterocycles. The van der Waals surface area contributed by atoms with Crippen LogP contribution in [0, 0.1) is 24.2 Å². The van der Waals surface area contributed by atoms with Crippen LogP contribution in [0.1, 0.15) is 48.0 Å². The zero-order valence-corrected chi connectivity index (χ0v) is 38.0. The van der Waals surface area contributed by atoms with E-state index in [1.54, 1.807) is 13.8 Å². The number of ether oxygens (including phenoxy) is 10. The first-order chi connectivity index (χ1) is 33.5. The summed E-state index contributed by atoms with van der Waals surface area (Å²) in [6.45, 7) is 6.15. The molecule has 376 valence electrons. The average molecular weight is 986 g/mol. The molecule has 3 saturated heterocycles. The van der Waals surface area contributed by atoms with E-state index < -0.39 is 159 Å². The first-order valence-corrected chi connectivity index (χ1v) is 21.0. The third kappa shape index (κ3) is 13.8. The maximum absolute atomic E-state index is 14.0. The fraction of sp³-hybridized carbons (Fsp3) is 0.806. The maximum atomic E-state index is 14.0. The highest BCUT2D eigenvalue weighted by molar-refractivity contribution is 5.82. The number of carbonyl (C=O) groups is 5. The Labute approximate surface area is 395 Å². The first kappa shape index (κ1) is 55.1. The van der Waals surface area contributed by atoms with Crippen molar-refractivity contribution in [2.24, 2.45) is 42.5 Å². The average Bonchev–Trinajstić information content (AvgIpc) is 3.62. The summed E-state index contributed by atoms with van der Waals surface area (Å²) in [5.41, 5.74) is 57.0. The monoisotopic (exact) mass is 985 g/mol. The van der Waals surface area contributed by atoms with Gasteiger partial charge in [-0.3, -0.25) is 24.0 Å². The van der Waals surface area contributed by atoms with E-state index in [0.717, 1.165) is 27.7 Å². The van der Waals surface area contributed by atoms with E-state index in [1.165, 1.54) is 0 Å². The van der Waals surface area contributed by atoms with Crippen molar-refractivity contribution in [3.63, 3.8) is 0 Å². The van der Waals surface area contributed by atoms with Gasteiger partial charge in [0.05, 0.1) is 50.0 Å². The van der Waals surface area contributed by atoms with Gasteiger partial charge in [-0.1, -0.05) is 50.5 Å². The number of hydrogen-bond acceptors (Lipinski definition) is 21. The van der Waals surface area contributed by atoms with Crippen LogP contribution in [0.25, 0.3) is 62.7 Å². The number of amides is 1. The first-order valence-electron chi connectivity index (χ1n) is 21.0. The lowest BCUT2D eigenvalue weighted by Gasteiger charge is -2.48. The molecule has 4 aliphatic rings.